The van der Waals surface area contributed by atoms with Crippen LogP contribution in [0.25, 0.3) is 0 Å². The van der Waals surface area contributed by atoms with Gasteiger partial charge < -0.3 is 0 Å². The summed E-state index contributed by atoms with van der Waals surface area (Å²) in [7, 11) is 0. The van der Waals surface area contributed by atoms with Gasteiger partial charge in [0.2, 0.25) is 0 Å². The Bertz CT molecular complexity index is 325. The number of hydrogen-bond donors (Lipinski definition) is 2. The van der Waals surface area contributed by atoms with Gasteiger partial charge in [0.25, 0.3) is 5.91 Å². The molecule has 0 radical (unpaired) electrons. The second-order valence-corrected chi connectivity index (χ2v) is 5.62. The maximum atomic E-state index is 11.4. The summed E-state index contributed by atoms with van der Waals surface area (Å²) in [6.07, 6.45) is 1.15. The molecule has 0 aliphatic rings. The zero-order chi connectivity index (χ0) is 11.3. The summed E-state index contributed by atoms with van der Waals surface area (Å²) in [5, 5.41) is 2.55. The first kappa shape index (κ1) is 12.5. The highest BCUT2D eigenvalue weighted by molar-refractivity contribution is 7.99. The topological polar surface area (TPSA) is 55.1 Å². The molecule has 1 atom stereocenters. The third-order valence-electron chi connectivity index (χ3n) is 2.18. The molecule has 0 aliphatic heterocycles. The quantitative estimate of drug-likeness (QED) is 0.475. The highest BCUT2D eigenvalue weighted by Crippen LogP contribution is 2.25. The molecule has 1 amide bonds. The summed E-state index contributed by atoms with van der Waals surface area (Å²) in [6.45, 7) is 4.36. The fraction of sp³-hybridized carbons (Fsp3) is 0.500. The first-order valence-electron chi connectivity index (χ1n) is 4.88. The number of hydrazine groups is 1. The molecule has 0 aromatic carbocycles. The molecule has 5 heteroatoms. The number of thiophene rings is 1. The molecule has 84 valence electrons. The Morgan fingerprint density at radius 3 is 3.07 bits per heavy atom. The SMILES string of the molecule is CCC(C)SCc1ccsc1C(=O)NN. The molecule has 0 fully saturated rings. The van der Waals surface area contributed by atoms with Crippen LogP contribution in [0.3, 0.4) is 0 Å². The predicted octanol–water partition coefficient (Wildman–Crippen LogP) is 2.38. The molecule has 1 unspecified atom stereocenters. The van der Waals surface area contributed by atoms with E-state index in [9.17, 15) is 4.79 Å². The van der Waals surface area contributed by atoms with E-state index in [1.165, 1.54) is 11.3 Å². The van der Waals surface area contributed by atoms with Crippen LogP contribution in [0.1, 0.15) is 35.5 Å². The molecule has 0 spiro atoms. The summed E-state index contributed by atoms with van der Waals surface area (Å²) in [5.74, 6) is 5.80. The molecule has 1 aromatic rings. The van der Waals surface area contributed by atoms with Crippen molar-refractivity contribution in [3.63, 3.8) is 0 Å². The van der Waals surface area contributed by atoms with Gasteiger partial charge in [-0.25, -0.2) is 5.84 Å². The standard InChI is InChI=1S/C10H16N2OS2/c1-3-7(2)15-6-8-4-5-14-9(8)10(13)12-11/h4-5,7H,3,6,11H2,1-2H3,(H,12,13). The van der Waals surface area contributed by atoms with Gasteiger partial charge in [-0.3, -0.25) is 10.2 Å². The second kappa shape index (κ2) is 6.15. The van der Waals surface area contributed by atoms with Crippen molar-refractivity contribution in [3.8, 4) is 0 Å². The lowest BCUT2D eigenvalue weighted by Crippen LogP contribution is -2.29. The van der Waals surface area contributed by atoms with Crippen LogP contribution in [0.2, 0.25) is 0 Å². The number of nitrogens with one attached hydrogen (secondary N) is 1. The lowest BCUT2D eigenvalue weighted by Gasteiger charge is -2.07. The van der Waals surface area contributed by atoms with Gasteiger partial charge in [-0.2, -0.15) is 11.8 Å². The van der Waals surface area contributed by atoms with E-state index >= 15 is 0 Å². The number of carbonyl (C=O) groups is 1. The largest absolute Gasteiger partial charge is 0.289 e. The van der Waals surface area contributed by atoms with Gasteiger partial charge in [0.1, 0.15) is 0 Å². The maximum absolute atomic E-state index is 11.4. The Morgan fingerprint density at radius 1 is 1.73 bits per heavy atom. The Morgan fingerprint density at radius 2 is 2.47 bits per heavy atom. The van der Waals surface area contributed by atoms with Gasteiger partial charge in [0, 0.05) is 11.0 Å². The van der Waals surface area contributed by atoms with Gasteiger partial charge in [0.15, 0.2) is 0 Å². The third kappa shape index (κ3) is 3.52. The van der Waals surface area contributed by atoms with Crippen LogP contribution >= 0.6 is 23.1 Å². The highest BCUT2D eigenvalue weighted by Gasteiger charge is 2.12. The van der Waals surface area contributed by atoms with Crippen molar-refractivity contribution in [2.45, 2.75) is 31.3 Å². The molecule has 0 bridgehead atoms. The maximum Gasteiger partial charge on any atom is 0.275 e. The third-order valence-corrected chi connectivity index (χ3v) is 4.52. The summed E-state index contributed by atoms with van der Waals surface area (Å²) >= 11 is 3.30. The van der Waals surface area contributed by atoms with Crippen LogP contribution in [0.5, 0.6) is 0 Å². The van der Waals surface area contributed by atoms with Crippen molar-refractivity contribution in [2.24, 2.45) is 5.84 Å². The minimum absolute atomic E-state index is 0.190. The molecule has 15 heavy (non-hydrogen) atoms. The first-order chi connectivity index (χ1) is 7.19. The Labute approximate surface area is 98.4 Å². The summed E-state index contributed by atoms with van der Waals surface area (Å²) in [4.78, 5) is 12.1. The van der Waals surface area contributed by atoms with E-state index in [0.717, 1.165) is 22.6 Å². The van der Waals surface area contributed by atoms with Crippen molar-refractivity contribution in [1.29, 1.82) is 0 Å². The number of nitrogen functional groups attached to an aromatic ring is 1. The van der Waals surface area contributed by atoms with Crippen LogP contribution in [0.15, 0.2) is 11.4 Å². The van der Waals surface area contributed by atoms with E-state index in [2.05, 4.69) is 19.3 Å². The molecular weight excluding hydrogens is 228 g/mol. The average molecular weight is 244 g/mol. The monoisotopic (exact) mass is 244 g/mol. The first-order valence-corrected chi connectivity index (χ1v) is 6.80. The number of carbonyl (C=O) groups excluding carboxylic acids is 1. The van der Waals surface area contributed by atoms with Crippen molar-refractivity contribution < 1.29 is 4.79 Å². The molecule has 1 aromatic heterocycles. The van der Waals surface area contributed by atoms with Gasteiger partial charge in [-0.1, -0.05) is 13.8 Å². The number of nitrogens with two attached hydrogens (primary N) is 1. The number of hydrogen-bond acceptors (Lipinski definition) is 4. The zero-order valence-corrected chi connectivity index (χ0v) is 10.6. The zero-order valence-electron chi connectivity index (χ0n) is 8.95. The van der Waals surface area contributed by atoms with E-state index < -0.39 is 0 Å². The van der Waals surface area contributed by atoms with Crippen LogP contribution in [-0.2, 0) is 5.75 Å². The minimum Gasteiger partial charge on any atom is -0.289 e. The molecule has 3 N–H and O–H groups in total. The highest BCUT2D eigenvalue weighted by atomic mass is 32.2. The molecule has 3 nitrogen and oxygen atoms in total. The van der Waals surface area contributed by atoms with Crippen molar-refractivity contribution >= 4 is 29.0 Å². The lowest BCUT2D eigenvalue weighted by molar-refractivity contribution is 0.0957. The molecule has 0 saturated carbocycles. The van der Waals surface area contributed by atoms with E-state index in [1.54, 1.807) is 0 Å². The van der Waals surface area contributed by atoms with Crippen LogP contribution in [0.4, 0.5) is 0 Å². The molecular formula is C10H16N2OS2. The average Bonchev–Trinajstić information content (AvgIpc) is 2.72. The lowest BCUT2D eigenvalue weighted by atomic mass is 10.3. The normalized spacial score (nSPS) is 12.5. The summed E-state index contributed by atoms with van der Waals surface area (Å²) in [5.41, 5.74) is 3.25. The fourth-order valence-electron chi connectivity index (χ4n) is 1.06. The van der Waals surface area contributed by atoms with E-state index in [1.807, 2.05) is 23.2 Å². The van der Waals surface area contributed by atoms with E-state index in [-0.39, 0.29) is 5.91 Å². The predicted molar refractivity (Wildman–Crippen MR) is 67.0 cm³/mol. The molecule has 0 saturated heterocycles. The van der Waals surface area contributed by atoms with E-state index in [0.29, 0.717) is 5.25 Å². The number of thioether (sulfide) groups is 1. The Kier molecular flexibility index (Phi) is 5.14. The smallest absolute Gasteiger partial charge is 0.275 e. The van der Waals surface area contributed by atoms with Gasteiger partial charge in [-0.15, -0.1) is 11.3 Å². The minimum atomic E-state index is -0.190. The van der Waals surface area contributed by atoms with Crippen molar-refractivity contribution in [2.75, 3.05) is 0 Å². The fourth-order valence-corrected chi connectivity index (χ4v) is 2.92. The Hall–Kier alpha value is -0.520. The van der Waals surface area contributed by atoms with Crippen LogP contribution in [0, 0.1) is 0 Å². The second-order valence-electron chi connectivity index (χ2n) is 3.28. The van der Waals surface area contributed by atoms with Crippen molar-refractivity contribution in [1.82, 2.24) is 5.43 Å². The van der Waals surface area contributed by atoms with Crippen molar-refractivity contribution in [3.05, 3.63) is 21.9 Å². The molecule has 0 aliphatic carbocycles. The van der Waals surface area contributed by atoms with Gasteiger partial charge >= 0.3 is 0 Å². The number of amides is 1. The van der Waals surface area contributed by atoms with Crippen LogP contribution < -0.4 is 11.3 Å². The van der Waals surface area contributed by atoms with Gasteiger partial charge in [-0.05, 0) is 23.4 Å². The Balaban J connectivity index is 2.61. The number of rotatable bonds is 5. The molecule has 1 heterocycles. The summed E-state index contributed by atoms with van der Waals surface area (Å²) < 4.78 is 0. The van der Waals surface area contributed by atoms with Crippen LogP contribution in [-0.4, -0.2) is 11.2 Å². The van der Waals surface area contributed by atoms with Gasteiger partial charge in [0.05, 0.1) is 4.88 Å². The van der Waals surface area contributed by atoms with E-state index in [4.69, 9.17) is 5.84 Å². The molecule has 1 rings (SSSR count). The summed E-state index contributed by atoms with van der Waals surface area (Å²) in [6, 6.07) is 1.99.